The van der Waals surface area contributed by atoms with Crippen LogP contribution in [-0.2, 0) is 24.9 Å². The van der Waals surface area contributed by atoms with E-state index in [1.165, 1.54) is 6.07 Å². The molecule has 0 saturated heterocycles. The molecule has 1 amide bonds. The minimum absolute atomic E-state index is 0. The number of ether oxygens (including phenoxy) is 1. The Morgan fingerprint density at radius 1 is 1.17 bits per heavy atom. The summed E-state index contributed by atoms with van der Waals surface area (Å²) in [6.07, 6.45) is 3.66. The number of carbonyl (C=O) groups excluding carboxylic acids is 1. The molecule has 2 atom stereocenters. The summed E-state index contributed by atoms with van der Waals surface area (Å²) < 4.78 is 22.5. The highest BCUT2D eigenvalue weighted by molar-refractivity contribution is 6.10. The van der Waals surface area contributed by atoms with Crippen LogP contribution in [0, 0.1) is 17.1 Å². The third kappa shape index (κ3) is 5.17. The third-order valence-electron chi connectivity index (χ3n) is 8.27. The summed E-state index contributed by atoms with van der Waals surface area (Å²) in [4.78, 5) is 20.2. The van der Waals surface area contributed by atoms with Gasteiger partial charge in [-0.05, 0) is 79.8 Å². The van der Waals surface area contributed by atoms with Crippen molar-refractivity contribution in [1.29, 1.82) is 5.26 Å². The zero-order valence-corrected chi connectivity index (χ0v) is 24.1. The van der Waals surface area contributed by atoms with Gasteiger partial charge in [0.2, 0.25) is 0 Å². The number of nitrogens with one attached hydrogen (secondary N) is 1. The number of nitrogens with zero attached hydrogens (tertiary/aromatic N) is 6. The summed E-state index contributed by atoms with van der Waals surface area (Å²) in [6.45, 7) is 4.49. The van der Waals surface area contributed by atoms with E-state index in [-0.39, 0.29) is 26.0 Å². The number of aromatic nitrogens is 4. The van der Waals surface area contributed by atoms with Crippen molar-refractivity contribution in [3.8, 4) is 28.6 Å². The van der Waals surface area contributed by atoms with Gasteiger partial charge in [0.05, 0.1) is 24.3 Å². The number of anilines is 1. The van der Waals surface area contributed by atoms with Gasteiger partial charge in [-0.1, -0.05) is 6.07 Å². The van der Waals surface area contributed by atoms with Crippen molar-refractivity contribution >= 4 is 11.7 Å². The van der Waals surface area contributed by atoms with E-state index in [1.807, 2.05) is 39.1 Å². The minimum Gasteiger partial charge on any atom is -0.380 e. The van der Waals surface area contributed by atoms with Crippen molar-refractivity contribution in [2.75, 3.05) is 12.0 Å². The number of benzene rings is 2. The van der Waals surface area contributed by atoms with Crippen LogP contribution >= 0.6 is 0 Å². The van der Waals surface area contributed by atoms with Crippen molar-refractivity contribution in [3.05, 3.63) is 82.6 Å². The standard InChI is InChI=1S/C32H32FN7O2.H2/c1-18(19(2)42-4)35-15-21-10-26-27(28(33)11-21)16-40(32(26)41)30-13-23(12-29(37-30)22-6-7-22)24-8-5-20(14-34)9-25(24)31-38-36-17-39(31)3;/h5,8-13,17-19,22,35H,6-7,15-16H2,1-4H3;1H/t18-,19-;/m0./s1. The summed E-state index contributed by atoms with van der Waals surface area (Å²) in [5.74, 6) is 0.735. The van der Waals surface area contributed by atoms with E-state index in [9.17, 15) is 10.1 Å². The van der Waals surface area contributed by atoms with Crippen LogP contribution in [0.1, 0.15) is 66.8 Å². The van der Waals surface area contributed by atoms with Crippen LogP contribution in [0.25, 0.3) is 22.5 Å². The zero-order chi connectivity index (χ0) is 29.5. The zero-order valence-electron chi connectivity index (χ0n) is 24.1. The smallest absolute Gasteiger partial charge is 0.260 e. The van der Waals surface area contributed by atoms with Crippen LogP contribution in [0.5, 0.6) is 0 Å². The second-order valence-corrected chi connectivity index (χ2v) is 11.2. The first-order valence-corrected chi connectivity index (χ1v) is 14.1. The van der Waals surface area contributed by atoms with E-state index in [1.54, 1.807) is 41.1 Å². The Hall–Kier alpha value is -4.46. The maximum absolute atomic E-state index is 15.4. The van der Waals surface area contributed by atoms with E-state index < -0.39 is 5.82 Å². The quantitative estimate of drug-likeness (QED) is 0.290. The van der Waals surface area contributed by atoms with E-state index in [0.29, 0.717) is 46.4 Å². The first kappa shape index (κ1) is 27.7. The fourth-order valence-electron chi connectivity index (χ4n) is 5.35. The Kier molecular flexibility index (Phi) is 7.31. The Balaban J connectivity index is 0.00000368. The SMILES string of the molecule is CO[C@@H](C)[C@H](C)NCc1cc(F)c2c(c1)C(=O)N(c1cc(-c3ccc(C#N)cc3-c3nncn3C)cc(C3CC3)n1)C2.[HH]. The Morgan fingerprint density at radius 3 is 2.67 bits per heavy atom. The third-order valence-corrected chi connectivity index (χ3v) is 8.27. The Morgan fingerprint density at radius 2 is 1.98 bits per heavy atom. The van der Waals surface area contributed by atoms with Gasteiger partial charge in [-0.2, -0.15) is 5.26 Å². The van der Waals surface area contributed by atoms with Crippen LogP contribution in [-0.4, -0.2) is 44.9 Å². The Labute approximate surface area is 245 Å². The molecular formula is C32H34FN7O2. The number of halogens is 1. The van der Waals surface area contributed by atoms with Gasteiger partial charge in [0.1, 0.15) is 18.0 Å². The van der Waals surface area contributed by atoms with E-state index in [4.69, 9.17) is 9.72 Å². The molecule has 42 heavy (non-hydrogen) atoms. The van der Waals surface area contributed by atoms with E-state index in [2.05, 4.69) is 21.6 Å². The number of methoxy groups -OCH3 is 1. The van der Waals surface area contributed by atoms with Gasteiger partial charge in [-0.15, -0.1) is 10.2 Å². The monoisotopic (exact) mass is 567 g/mol. The molecule has 1 saturated carbocycles. The minimum atomic E-state index is -0.400. The molecule has 216 valence electrons. The lowest BCUT2D eigenvalue weighted by molar-refractivity contribution is 0.0882. The van der Waals surface area contributed by atoms with Crippen LogP contribution in [0.3, 0.4) is 0 Å². The van der Waals surface area contributed by atoms with Crippen molar-refractivity contribution in [2.24, 2.45) is 7.05 Å². The molecule has 1 aliphatic heterocycles. The number of hydrogen-bond acceptors (Lipinski definition) is 7. The molecule has 9 nitrogen and oxygen atoms in total. The second-order valence-electron chi connectivity index (χ2n) is 11.2. The van der Waals surface area contributed by atoms with Crippen LogP contribution in [0.2, 0.25) is 0 Å². The maximum Gasteiger partial charge on any atom is 0.260 e. The van der Waals surface area contributed by atoms with Gasteiger partial charge in [0.15, 0.2) is 5.82 Å². The number of amides is 1. The van der Waals surface area contributed by atoms with Crippen molar-refractivity contribution in [3.63, 3.8) is 0 Å². The molecule has 0 unspecified atom stereocenters. The fourth-order valence-corrected chi connectivity index (χ4v) is 5.35. The molecule has 2 aliphatic rings. The van der Waals surface area contributed by atoms with Gasteiger partial charge in [0, 0.05) is 56.5 Å². The first-order valence-electron chi connectivity index (χ1n) is 14.1. The van der Waals surface area contributed by atoms with Gasteiger partial charge in [-0.25, -0.2) is 9.37 Å². The molecule has 6 rings (SSSR count). The molecule has 3 heterocycles. The molecule has 0 spiro atoms. The predicted octanol–water partition coefficient (Wildman–Crippen LogP) is 5.35. The first-order chi connectivity index (χ1) is 20.3. The van der Waals surface area contributed by atoms with Gasteiger partial charge < -0.3 is 14.6 Å². The van der Waals surface area contributed by atoms with E-state index in [0.717, 1.165) is 35.2 Å². The van der Waals surface area contributed by atoms with Crippen molar-refractivity contribution in [2.45, 2.75) is 57.8 Å². The molecule has 0 radical (unpaired) electrons. The molecule has 1 aliphatic carbocycles. The number of nitriles is 1. The number of carbonyl (C=O) groups is 1. The number of pyridine rings is 1. The molecule has 2 aromatic carbocycles. The van der Waals surface area contributed by atoms with Crippen molar-refractivity contribution < 1.29 is 15.3 Å². The summed E-state index contributed by atoms with van der Waals surface area (Å²) in [5.41, 5.74) is 5.28. The van der Waals surface area contributed by atoms with Crippen LogP contribution < -0.4 is 10.2 Å². The van der Waals surface area contributed by atoms with Gasteiger partial charge >= 0.3 is 0 Å². The lowest BCUT2D eigenvalue weighted by Crippen LogP contribution is -2.36. The molecule has 1 fully saturated rings. The maximum atomic E-state index is 15.4. The molecule has 1 N–H and O–H groups in total. The summed E-state index contributed by atoms with van der Waals surface area (Å²) in [5, 5.41) is 21.2. The molecule has 10 heteroatoms. The second kappa shape index (κ2) is 11.1. The lowest BCUT2D eigenvalue weighted by Gasteiger charge is -2.20. The summed E-state index contributed by atoms with van der Waals surface area (Å²) in [6, 6.07) is 14.9. The topological polar surface area (TPSA) is 109 Å². The van der Waals surface area contributed by atoms with Crippen molar-refractivity contribution in [1.82, 2.24) is 25.1 Å². The highest BCUT2D eigenvalue weighted by Gasteiger charge is 2.34. The number of fused-ring (bicyclic) bond motifs is 1. The highest BCUT2D eigenvalue weighted by Crippen LogP contribution is 2.43. The normalized spacial score (nSPS) is 15.9. The highest BCUT2D eigenvalue weighted by atomic mass is 19.1. The predicted molar refractivity (Wildman–Crippen MR) is 158 cm³/mol. The summed E-state index contributed by atoms with van der Waals surface area (Å²) >= 11 is 0. The molecule has 2 aromatic heterocycles. The number of rotatable bonds is 9. The number of aryl methyl sites for hydroxylation is 1. The van der Waals surface area contributed by atoms with Crippen LogP contribution in [0.4, 0.5) is 10.2 Å². The van der Waals surface area contributed by atoms with Crippen LogP contribution in [0.15, 0.2) is 48.8 Å². The molecular weight excluding hydrogens is 533 g/mol. The number of hydrogen-bond donors (Lipinski definition) is 1. The van der Waals surface area contributed by atoms with Gasteiger partial charge in [0.25, 0.3) is 5.91 Å². The fraction of sp³-hybridized carbons (Fsp3) is 0.344. The van der Waals surface area contributed by atoms with E-state index >= 15 is 4.39 Å². The average Bonchev–Trinajstić information content (AvgIpc) is 3.69. The Bertz CT molecular complexity index is 1730. The molecule has 4 aromatic rings. The summed E-state index contributed by atoms with van der Waals surface area (Å²) in [7, 11) is 3.50. The molecule has 0 bridgehead atoms. The van der Waals surface area contributed by atoms with Gasteiger partial charge in [-0.3, -0.25) is 9.69 Å². The lowest BCUT2D eigenvalue weighted by atomic mass is 9.96. The average molecular weight is 568 g/mol. The largest absolute Gasteiger partial charge is 0.380 e.